The lowest BCUT2D eigenvalue weighted by Crippen LogP contribution is -2.52. The first kappa shape index (κ1) is 14.9. The highest BCUT2D eigenvalue weighted by Crippen LogP contribution is 2.12. The number of amides is 2. The molecule has 1 aromatic rings. The van der Waals surface area contributed by atoms with Crippen molar-refractivity contribution in [1.82, 2.24) is 10.6 Å². The molecule has 6 nitrogen and oxygen atoms in total. The SMILES string of the molecule is O=C(O)N[C@@H]1CC=CC[C@@H]1NC(=O)OCc1ccccc1. The maximum Gasteiger partial charge on any atom is 0.407 e. The molecule has 0 aromatic heterocycles. The molecule has 21 heavy (non-hydrogen) atoms. The van der Waals surface area contributed by atoms with E-state index in [1.165, 1.54) is 0 Å². The number of hydrogen-bond acceptors (Lipinski definition) is 3. The topological polar surface area (TPSA) is 87.7 Å². The molecule has 6 heteroatoms. The van der Waals surface area contributed by atoms with Gasteiger partial charge in [0.2, 0.25) is 0 Å². The van der Waals surface area contributed by atoms with Gasteiger partial charge in [-0.15, -0.1) is 0 Å². The van der Waals surface area contributed by atoms with Gasteiger partial charge < -0.3 is 20.5 Å². The summed E-state index contributed by atoms with van der Waals surface area (Å²) >= 11 is 0. The molecular weight excluding hydrogens is 272 g/mol. The maximum atomic E-state index is 11.8. The van der Waals surface area contributed by atoms with Crippen LogP contribution in [-0.2, 0) is 11.3 Å². The van der Waals surface area contributed by atoms with E-state index in [-0.39, 0.29) is 18.7 Å². The van der Waals surface area contributed by atoms with Crippen molar-refractivity contribution in [1.29, 1.82) is 0 Å². The van der Waals surface area contributed by atoms with E-state index < -0.39 is 12.2 Å². The van der Waals surface area contributed by atoms with Gasteiger partial charge in [-0.05, 0) is 18.4 Å². The number of hydrogen-bond donors (Lipinski definition) is 3. The second-order valence-corrected chi connectivity index (χ2v) is 4.81. The van der Waals surface area contributed by atoms with Gasteiger partial charge >= 0.3 is 12.2 Å². The molecule has 0 saturated heterocycles. The number of nitrogens with one attached hydrogen (secondary N) is 2. The maximum absolute atomic E-state index is 11.8. The van der Waals surface area contributed by atoms with E-state index in [1.807, 2.05) is 42.5 Å². The fraction of sp³-hybridized carbons (Fsp3) is 0.333. The fourth-order valence-electron chi connectivity index (χ4n) is 2.21. The Balaban J connectivity index is 1.83. The Labute approximate surface area is 122 Å². The molecule has 0 aliphatic heterocycles. The number of alkyl carbamates (subject to hydrolysis) is 1. The minimum absolute atomic E-state index is 0.187. The van der Waals surface area contributed by atoms with Crippen LogP contribution >= 0.6 is 0 Å². The molecule has 0 fully saturated rings. The van der Waals surface area contributed by atoms with Gasteiger partial charge in [-0.3, -0.25) is 0 Å². The molecular formula is C15H18N2O4. The summed E-state index contributed by atoms with van der Waals surface area (Å²) in [5.74, 6) is 0. The molecule has 1 aliphatic carbocycles. The third kappa shape index (κ3) is 4.83. The second kappa shape index (κ2) is 7.33. The Hall–Kier alpha value is -2.50. The van der Waals surface area contributed by atoms with E-state index in [0.717, 1.165) is 5.56 Å². The molecule has 0 bridgehead atoms. The van der Waals surface area contributed by atoms with Gasteiger partial charge in [0.05, 0.1) is 12.1 Å². The smallest absolute Gasteiger partial charge is 0.407 e. The lowest BCUT2D eigenvalue weighted by atomic mass is 9.96. The lowest BCUT2D eigenvalue weighted by Gasteiger charge is -2.28. The summed E-state index contributed by atoms with van der Waals surface area (Å²) in [5, 5.41) is 13.9. The van der Waals surface area contributed by atoms with E-state index in [2.05, 4.69) is 10.6 Å². The third-order valence-electron chi connectivity index (χ3n) is 3.26. The summed E-state index contributed by atoms with van der Waals surface area (Å²) in [7, 11) is 0. The minimum Gasteiger partial charge on any atom is -0.465 e. The average molecular weight is 290 g/mol. The van der Waals surface area contributed by atoms with E-state index in [4.69, 9.17) is 9.84 Å². The van der Waals surface area contributed by atoms with E-state index in [0.29, 0.717) is 12.8 Å². The first-order chi connectivity index (χ1) is 10.1. The molecule has 0 heterocycles. The van der Waals surface area contributed by atoms with Crippen molar-refractivity contribution in [2.24, 2.45) is 0 Å². The number of benzene rings is 1. The first-order valence-corrected chi connectivity index (χ1v) is 6.77. The summed E-state index contributed by atoms with van der Waals surface area (Å²) in [4.78, 5) is 22.5. The summed E-state index contributed by atoms with van der Waals surface area (Å²) in [6.45, 7) is 0.187. The van der Waals surface area contributed by atoms with Crippen LogP contribution in [0.15, 0.2) is 42.5 Å². The number of rotatable bonds is 4. The molecule has 0 saturated carbocycles. The molecule has 1 aliphatic rings. The highest BCUT2D eigenvalue weighted by atomic mass is 16.5. The highest BCUT2D eigenvalue weighted by Gasteiger charge is 2.25. The monoisotopic (exact) mass is 290 g/mol. The van der Waals surface area contributed by atoms with Crippen LogP contribution in [0.1, 0.15) is 18.4 Å². The molecule has 2 rings (SSSR count). The quantitative estimate of drug-likeness (QED) is 0.742. The van der Waals surface area contributed by atoms with Crippen LogP contribution in [-0.4, -0.2) is 29.4 Å². The minimum atomic E-state index is -1.10. The third-order valence-corrected chi connectivity index (χ3v) is 3.26. The van der Waals surface area contributed by atoms with Gasteiger partial charge in [-0.2, -0.15) is 0 Å². The van der Waals surface area contributed by atoms with Gasteiger partial charge in [-0.1, -0.05) is 42.5 Å². The summed E-state index contributed by atoms with van der Waals surface area (Å²) in [5.41, 5.74) is 0.899. The molecule has 3 N–H and O–H groups in total. The van der Waals surface area contributed by atoms with Crippen LogP contribution in [0.2, 0.25) is 0 Å². The van der Waals surface area contributed by atoms with Crippen LogP contribution in [0, 0.1) is 0 Å². The Bertz CT molecular complexity index is 516. The van der Waals surface area contributed by atoms with Gasteiger partial charge in [0.1, 0.15) is 6.61 Å². The van der Waals surface area contributed by atoms with Crippen molar-refractivity contribution >= 4 is 12.2 Å². The molecule has 0 radical (unpaired) electrons. The number of carbonyl (C=O) groups is 2. The Morgan fingerprint density at radius 2 is 1.71 bits per heavy atom. The predicted octanol–water partition coefficient (Wildman–Crippen LogP) is 2.27. The molecule has 0 unspecified atom stereocenters. The zero-order valence-corrected chi connectivity index (χ0v) is 11.5. The fourth-order valence-corrected chi connectivity index (χ4v) is 2.21. The van der Waals surface area contributed by atoms with Crippen LogP contribution in [0.5, 0.6) is 0 Å². The highest BCUT2D eigenvalue weighted by molar-refractivity contribution is 5.68. The van der Waals surface area contributed by atoms with E-state index >= 15 is 0 Å². The predicted molar refractivity (Wildman–Crippen MR) is 76.9 cm³/mol. The van der Waals surface area contributed by atoms with Crippen molar-refractivity contribution in [3.8, 4) is 0 Å². The first-order valence-electron chi connectivity index (χ1n) is 6.77. The van der Waals surface area contributed by atoms with Gasteiger partial charge in [0, 0.05) is 0 Å². The van der Waals surface area contributed by atoms with Crippen molar-refractivity contribution in [2.45, 2.75) is 31.5 Å². The zero-order chi connectivity index (χ0) is 15.1. The Morgan fingerprint density at radius 1 is 1.10 bits per heavy atom. The van der Waals surface area contributed by atoms with Gasteiger partial charge in [-0.25, -0.2) is 9.59 Å². The normalized spacial score (nSPS) is 20.6. The molecule has 0 spiro atoms. The average Bonchev–Trinajstić information content (AvgIpc) is 2.48. The van der Waals surface area contributed by atoms with Crippen molar-refractivity contribution in [3.63, 3.8) is 0 Å². The molecule has 1 aromatic carbocycles. The standard InChI is InChI=1S/C15H18N2O4/c18-14(19)16-12-8-4-5-9-13(12)17-15(20)21-10-11-6-2-1-3-7-11/h1-7,12-13,16H,8-10H2,(H,17,20)(H,18,19)/t12-,13+/m1/s1. The largest absolute Gasteiger partial charge is 0.465 e. The number of ether oxygens (including phenoxy) is 1. The van der Waals surface area contributed by atoms with Crippen molar-refractivity contribution in [3.05, 3.63) is 48.0 Å². The summed E-state index contributed by atoms with van der Waals surface area (Å²) < 4.78 is 5.13. The lowest BCUT2D eigenvalue weighted by molar-refractivity contribution is 0.131. The summed E-state index contributed by atoms with van der Waals surface area (Å²) in [6, 6.07) is 8.73. The van der Waals surface area contributed by atoms with Crippen LogP contribution in [0.3, 0.4) is 0 Å². The zero-order valence-electron chi connectivity index (χ0n) is 11.5. The number of carbonyl (C=O) groups excluding carboxylic acids is 1. The van der Waals surface area contributed by atoms with E-state index in [1.54, 1.807) is 0 Å². The molecule has 2 atom stereocenters. The van der Waals surface area contributed by atoms with Gasteiger partial charge in [0.25, 0.3) is 0 Å². The second-order valence-electron chi connectivity index (χ2n) is 4.81. The Morgan fingerprint density at radius 3 is 2.33 bits per heavy atom. The summed E-state index contributed by atoms with van der Waals surface area (Å²) in [6.07, 6.45) is 3.30. The van der Waals surface area contributed by atoms with Gasteiger partial charge in [0.15, 0.2) is 0 Å². The van der Waals surface area contributed by atoms with Crippen LogP contribution in [0.25, 0.3) is 0 Å². The van der Waals surface area contributed by atoms with E-state index in [9.17, 15) is 9.59 Å². The molecule has 2 amide bonds. The van der Waals surface area contributed by atoms with Crippen molar-refractivity contribution < 1.29 is 19.4 Å². The van der Waals surface area contributed by atoms with Crippen LogP contribution in [0.4, 0.5) is 9.59 Å². The van der Waals surface area contributed by atoms with Crippen molar-refractivity contribution in [2.75, 3.05) is 0 Å². The van der Waals surface area contributed by atoms with Crippen LogP contribution < -0.4 is 10.6 Å². The molecule has 112 valence electrons. The Kier molecular flexibility index (Phi) is 5.20. The number of carboxylic acid groups (broad SMARTS) is 1.